The van der Waals surface area contributed by atoms with E-state index >= 15 is 0 Å². The van der Waals surface area contributed by atoms with Crippen LogP contribution in [0.5, 0.6) is 0 Å². The molecule has 0 N–H and O–H groups in total. The Hall–Kier alpha value is -2.47. The van der Waals surface area contributed by atoms with Gasteiger partial charge in [0.25, 0.3) is 0 Å². The minimum Gasteiger partial charge on any atom is -0.369 e. The molecule has 0 spiro atoms. The van der Waals surface area contributed by atoms with E-state index in [2.05, 4.69) is 51.1 Å². The maximum Gasteiger partial charge on any atom is 0.143 e. The maximum atomic E-state index is 12.6. The van der Waals surface area contributed by atoms with Gasteiger partial charge in [-0.1, -0.05) is 41.4 Å². The van der Waals surface area contributed by atoms with Crippen molar-refractivity contribution in [3.8, 4) is 0 Å². The van der Waals surface area contributed by atoms with Crippen molar-refractivity contribution in [1.82, 2.24) is 14.9 Å². The number of piperazine rings is 1. The standard InChI is InChI=1S/C25H26Cl2N4O/c1-30-8-10-31(11-9-30)21-5-2-4-18(13-21)12-19-14-20(29-17-28-19)15-22(32)16-23-24(26)6-3-7-25(23)27/h2-7,13-14,17H,8-12,15-16H2,1H3. The largest absolute Gasteiger partial charge is 0.369 e. The first kappa shape index (κ1) is 22.7. The van der Waals surface area contributed by atoms with E-state index in [-0.39, 0.29) is 18.6 Å². The predicted octanol–water partition coefficient (Wildman–Crippen LogP) is 4.48. The predicted molar refractivity (Wildman–Crippen MR) is 130 cm³/mol. The second-order valence-corrected chi connectivity index (χ2v) is 9.04. The van der Waals surface area contributed by atoms with Gasteiger partial charge >= 0.3 is 0 Å². The Bertz CT molecular complexity index is 1080. The van der Waals surface area contributed by atoms with Gasteiger partial charge < -0.3 is 9.80 Å². The summed E-state index contributed by atoms with van der Waals surface area (Å²) in [4.78, 5) is 26.1. The molecule has 0 radical (unpaired) electrons. The van der Waals surface area contributed by atoms with Crippen LogP contribution in [0.1, 0.15) is 22.5 Å². The van der Waals surface area contributed by atoms with Crippen LogP contribution >= 0.6 is 23.2 Å². The summed E-state index contributed by atoms with van der Waals surface area (Å²) in [6, 6.07) is 15.8. The van der Waals surface area contributed by atoms with Crippen molar-refractivity contribution in [2.45, 2.75) is 19.3 Å². The van der Waals surface area contributed by atoms with Crippen LogP contribution in [0.15, 0.2) is 54.9 Å². The molecule has 4 rings (SSSR count). The Balaban J connectivity index is 1.41. The van der Waals surface area contributed by atoms with E-state index < -0.39 is 0 Å². The number of benzene rings is 2. The lowest BCUT2D eigenvalue weighted by molar-refractivity contribution is -0.117. The fourth-order valence-corrected chi connectivity index (χ4v) is 4.47. The molecule has 2 aromatic carbocycles. The molecular weight excluding hydrogens is 443 g/mol. The summed E-state index contributed by atoms with van der Waals surface area (Å²) >= 11 is 12.4. The minimum absolute atomic E-state index is 0.0155. The third-order valence-electron chi connectivity index (χ3n) is 5.76. The first-order chi connectivity index (χ1) is 15.5. The summed E-state index contributed by atoms with van der Waals surface area (Å²) in [5, 5.41) is 1.02. The normalized spacial score (nSPS) is 14.5. The fourth-order valence-electron chi connectivity index (χ4n) is 3.94. The smallest absolute Gasteiger partial charge is 0.143 e. The summed E-state index contributed by atoms with van der Waals surface area (Å²) < 4.78 is 0. The van der Waals surface area contributed by atoms with Crippen LogP contribution in [0.4, 0.5) is 5.69 Å². The van der Waals surface area contributed by atoms with Gasteiger partial charge in [-0.25, -0.2) is 9.97 Å². The van der Waals surface area contributed by atoms with Crippen LogP contribution in [-0.2, 0) is 24.1 Å². The monoisotopic (exact) mass is 468 g/mol. The molecule has 2 heterocycles. The number of hydrogen-bond donors (Lipinski definition) is 0. The molecule has 3 aromatic rings. The third-order valence-corrected chi connectivity index (χ3v) is 6.47. The van der Waals surface area contributed by atoms with Crippen molar-refractivity contribution in [2.24, 2.45) is 0 Å². The highest BCUT2D eigenvalue weighted by molar-refractivity contribution is 6.36. The molecule has 5 nitrogen and oxygen atoms in total. The summed E-state index contributed by atoms with van der Waals surface area (Å²) in [5.41, 5.74) is 4.71. The number of ketones is 1. The van der Waals surface area contributed by atoms with Crippen LogP contribution in [0, 0.1) is 0 Å². The number of nitrogens with zero attached hydrogens (tertiary/aromatic N) is 4. The zero-order valence-corrected chi connectivity index (χ0v) is 19.6. The molecule has 0 aliphatic carbocycles. The van der Waals surface area contributed by atoms with Crippen molar-refractivity contribution < 1.29 is 4.79 Å². The molecule has 1 fully saturated rings. The molecule has 1 aliphatic heterocycles. The van der Waals surface area contributed by atoms with E-state index in [0.29, 0.717) is 27.7 Å². The van der Waals surface area contributed by atoms with Gasteiger partial charge in [0.05, 0.1) is 5.69 Å². The average molecular weight is 469 g/mol. The Kier molecular flexibility index (Phi) is 7.40. The van der Waals surface area contributed by atoms with E-state index in [1.54, 1.807) is 18.2 Å². The maximum absolute atomic E-state index is 12.6. The van der Waals surface area contributed by atoms with Crippen molar-refractivity contribution >= 4 is 34.7 Å². The number of rotatable bonds is 7. The first-order valence-electron chi connectivity index (χ1n) is 10.7. The van der Waals surface area contributed by atoms with Crippen molar-refractivity contribution in [3.63, 3.8) is 0 Å². The number of anilines is 1. The molecule has 1 saturated heterocycles. The summed E-state index contributed by atoms with van der Waals surface area (Å²) in [6.45, 7) is 4.23. The molecule has 0 saturated carbocycles. The number of likely N-dealkylation sites (N-methyl/N-ethyl adjacent to an activating group) is 1. The highest BCUT2D eigenvalue weighted by atomic mass is 35.5. The van der Waals surface area contributed by atoms with E-state index in [1.165, 1.54) is 17.6 Å². The van der Waals surface area contributed by atoms with Crippen LogP contribution in [-0.4, -0.2) is 53.9 Å². The lowest BCUT2D eigenvalue weighted by atomic mass is 10.0. The molecule has 0 atom stereocenters. The van der Waals surface area contributed by atoms with Gasteiger partial charge in [0, 0.05) is 66.9 Å². The topological polar surface area (TPSA) is 49.3 Å². The lowest BCUT2D eigenvalue weighted by Gasteiger charge is -2.34. The zero-order valence-electron chi connectivity index (χ0n) is 18.1. The van der Waals surface area contributed by atoms with Gasteiger partial charge in [-0.2, -0.15) is 0 Å². The Morgan fingerprint density at radius 2 is 1.59 bits per heavy atom. The fraction of sp³-hybridized carbons (Fsp3) is 0.320. The quantitative estimate of drug-likeness (QED) is 0.511. The van der Waals surface area contributed by atoms with Gasteiger partial charge in [-0.15, -0.1) is 0 Å². The number of Topliss-reactive ketones (excluding diaryl/α,β-unsaturated/α-hetero) is 1. The number of aromatic nitrogens is 2. The minimum atomic E-state index is 0.0155. The van der Waals surface area contributed by atoms with Gasteiger partial charge in [0.15, 0.2) is 0 Å². The van der Waals surface area contributed by atoms with Gasteiger partial charge in [-0.3, -0.25) is 4.79 Å². The van der Waals surface area contributed by atoms with Crippen LogP contribution in [0.25, 0.3) is 0 Å². The number of carbonyl (C=O) groups is 1. The molecular formula is C25H26Cl2N4O. The number of halogens is 2. The average Bonchev–Trinajstić information content (AvgIpc) is 2.77. The number of hydrogen-bond acceptors (Lipinski definition) is 5. The second kappa shape index (κ2) is 10.4. The van der Waals surface area contributed by atoms with Gasteiger partial charge in [-0.05, 0) is 48.5 Å². The Labute approximate surface area is 199 Å². The van der Waals surface area contributed by atoms with Crippen molar-refractivity contribution in [3.05, 3.63) is 87.4 Å². The zero-order chi connectivity index (χ0) is 22.5. The summed E-state index contributed by atoms with van der Waals surface area (Å²) in [6.07, 6.45) is 2.63. The molecule has 7 heteroatoms. The van der Waals surface area contributed by atoms with Crippen molar-refractivity contribution in [2.75, 3.05) is 38.1 Å². The molecule has 0 bridgehead atoms. The van der Waals surface area contributed by atoms with E-state index in [4.69, 9.17) is 23.2 Å². The lowest BCUT2D eigenvalue weighted by Crippen LogP contribution is -2.44. The van der Waals surface area contributed by atoms with E-state index in [9.17, 15) is 4.79 Å². The van der Waals surface area contributed by atoms with Crippen LogP contribution < -0.4 is 4.90 Å². The van der Waals surface area contributed by atoms with Crippen molar-refractivity contribution in [1.29, 1.82) is 0 Å². The Morgan fingerprint density at radius 3 is 2.34 bits per heavy atom. The molecule has 1 aromatic heterocycles. The highest BCUT2D eigenvalue weighted by Gasteiger charge is 2.15. The van der Waals surface area contributed by atoms with Gasteiger partial charge in [0.2, 0.25) is 0 Å². The Morgan fingerprint density at radius 1 is 0.906 bits per heavy atom. The molecule has 166 valence electrons. The van der Waals surface area contributed by atoms with E-state index in [0.717, 1.165) is 31.9 Å². The van der Waals surface area contributed by atoms with E-state index in [1.807, 2.05) is 6.07 Å². The number of carbonyl (C=O) groups excluding carboxylic acids is 1. The highest BCUT2D eigenvalue weighted by Crippen LogP contribution is 2.25. The van der Waals surface area contributed by atoms with Crippen LogP contribution in [0.3, 0.4) is 0 Å². The molecule has 32 heavy (non-hydrogen) atoms. The van der Waals surface area contributed by atoms with Gasteiger partial charge in [0.1, 0.15) is 12.1 Å². The molecule has 1 aliphatic rings. The third kappa shape index (κ3) is 5.85. The summed E-state index contributed by atoms with van der Waals surface area (Å²) in [7, 11) is 2.16. The van der Waals surface area contributed by atoms with Crippen LogP contribution in [0.2, 0.25) is 10.0 Å². The first-order valence-corrected chi connectivity index (χ1v) is 11.5. The molecule has 0 unspecified atom stereocenters. The SMILES string of the molecule is CN1CCN(c2cccc(Cc3cc(CC(=O)Cc4c(Cl)cccc4Cl)ncn3)c2)CC1. The molecule has 0 amide bonds. The summed E-state index contributed by atoms with van der Waals surface area (Å²) in [5.74, 6) is 0.0155. The second-order valence-electron chi connectivity index (χ2n) is 8.23.